The van der Waals surface area contributed by atoms with E-state index in [1.54, 1.807) is 16.7 Å². The van der Waals surface area contributed by atoms with Gasteiger partial charge in [0, 0.05) is 24.3 Å². The van der Waals surface area contributed by atoms with E-state index in [9.17, 15) is 9.59 Å². The molecule has 0 saturated carbocycles. The van der Waals surface area contributed by atoms with Gasteiger partial charge in [-0.2, -0.15) is 0 Å². The summed E-state index contributed by atoms with van der Waals surface area (Å²) in [4.78, 5) is 28.9. The number of anilines is 1. The highest BCUT2D eigenvalue weighted by atomic mass is 32.2. The number of fused-ring (bicyclic) bond motifs is 2. The van der Waals surface area contributed by atoms with Gasteiger partial charge >= 0.3 is 0 Å². The van der Waals surface area contributed by atoms with Crippen molar-refractivity contribution in [3.05, 3.63) is 65.2 Å². The Kier molecular flexibility index (Phi) is 4.27. The van der Waals surface area contributed by atoms with Gasteiger partial charge in [0.05, 0.1) is 12.2 Å². The Morgan fingerprint density at radius 1 is 1.19 bits per heavy atom. The van der Waals surface area contributed by atoms with Crippen LogP contribution < -0.4 is 4.90 Å². The van der Waals surface area contributed by atoms with Crippen LogP contribution >= 0.6 is 11.8 Å². The first-order valence-corrected chi connectivity index (χ1v) is 9.98. The van der Waals surface area contributed by atoms with Crippen molar-refractivity contribution in [2.75, 3.05) is 17.2 Å². The van der Waals surface area contributed by atoms with Crippen LogP contribution in [0.25, 0.3) is 0 Å². The Labute approximate surface area is 158 Å². The predicted molar refractivity (Wildman–Crippen MR) is 105 cm³/mol. The van der Waals surface area contributed by atoms with Gasteiger partial charge in [-0.05, 0) is 18.6 Å². The number of carbonyl (C=O) groups is 2. The minimum absolute atomic E-state index is 0.00417. The van der Waals surface area contributed by atoms with Gasteiger partial charge in [-0.15, -0.1) is 11.8 Å². The zero-order chi connectivity index (χ0) is 18.3. The summed E-state index contributed by atoms with van der Waals surface area (Å²) in [7, 11) is 0. The number of carbonyl (C=O) groups excluding carboxylic acids is 2. The Morgan fingerprint density at radius 2 is 2.00 bits per heavy atom. The van der Waals surface area contributed by atoms with E-state index < -0.39 is 4.87 Å². The van der Waals surface area contributed by atoms with Crippen LogP contribution in [0.4, 0.5) is 5.69 Å². The molecule has 0 N–H and O–H groups in total. The van der Waals surface area contributed by atoms with Crippen molar-refractivity contribution in [3.8, 4) is 0 Å². The summed E-state index contributed by atoms with van der Waals surface area (Å²) in [6.45, 7) is 5.05. The first-order valence-electron chi connectivity index (χ1n) is 8.99. The standard InChI is InChI=1S/C21H22N2O2S/c1-3-19(24)23-11-12-26-21(23)17-9-4-5-10-18(17)22(20(21)25)14-16-8-6-7-15(2)13-16/h4-10,13H,3,11-12,14H2,1-2H3. The molecule has 2 aromatic carbocycles. The molecule has 0 aliphatic carbocycles. The Balaban J connectivity index is 1.79. The number of amides is 2. The average molecular weight is 366 g/mol. The second-order valence-corrected chi connectivity index (χ2v) is 8.08. The van der Waals surface area contributed by atoms with Crippen molar-refractivity contribution in [3.63, 3.8) is 0 Å². The predicted octanol–water partition coefficient (Wildman–Crippen LogP) is 3.68. The van der Waals surface area contributed by atoms with Crippen molar-refractivity contribution in [1.82, 2.24) is 4.90 Å². The molecule has 4 rings (SSSR count). The maximum Gasteiger partial charge on any atom is 0.268 e. The van der Waals surface area contributed by atoms with Gasteiger partial charge in [-0.1, -0.05) is 55.0 Å². The first-order chi connectivity index (χ1) is 12.6. The molecule has 134 valence electrons. The molecule has 1 spiro atoms. The van der Waals surface area contributed by atoms with Crippen LogP contribution in [0.1, 0.15) is 30.0 Å². The molecule has 2 aliphatic heterocycles. The fourth-order valence-electron chi connectivity index (χ4n) is 3.96. The number of aryl methyl sites for hydroxylation is 1. The molecule has 2 aromatic rings. The van der Waals surface area contributed by atoms with E-state index in [0.29, 0.717) is 19.5 Å². The molecular weight excluding hydrogens is 344 g/mol. The second kappa shape index (κ2) is 6.47. The van der Waals surface area contributed by atoms with E-state index in [2.05, 4.69) is 19.1 Å². The van der Waals surface area contributed by atoms with Gasteiger partial charge < -0.3 is 9.80 Å². The lowest BCUT2D eigenvalue weighted by Crippen LogP contribution is -2.50. The molecule has 0 bridgehead atoms. The number of para-hydroxylation sites is 1. The number of nitrogens with zero attached hydrogens (tertiary/aromatic N) is 2. The minimum Gasteiger partial charge on any atom is -0.315 e. The topological polar surface area (TPSA) is 40.6 Å². The van der Waals surface area contributed by atoms with Gasteiger partial charge in [0.25, 0.3) is 5.91 Å². The van der Waals surface area contributed by atoms with Gasteiger partial charge in [-0.3, -0.25) is 9.59 Å². The molecule has 2 amide bonds. The smallest absolute Gasteiger partial charge is 0.268 e. The van der Waals surface area contributed by atoms with Gasteiger partial charge in [-0.25, -0.2) is 0 Å². The van der Waals surface area contributed by atoms with E-state index >= 15 is 0 Å². The largest absolute Gasteiger partial charge is 0.315 e. The van der Waals surface area contributed by atoms with Crippen LogP contribution in [-0.2, 0) is 21.0 Å². The van der Waals surface area contributed by atoms with Crippen LogP contribution in [-0.4, -0.2) is 29.0 Å². The quantitative estimate of drug-likeness (QED) is 0.832. The number of benzene rings is 2. The molecule has 1 unspecified atom stereocenters. The van der Waals surface area contributed by atoms with E-state index in [1.807, 2.05) is 48.2 Å². The lowest BCUT2D eigenvalue weighted by Gasteiger charge is -2.33. The maximum atomic E-state index is 13.6. The van der Waals surface area contributed by atoms with Crippen LogP contribution in [0.2, 0.25) is 0 Å². The highest BCUT2D eigenvalue weighted by molar-refractivity contribution is 8.01. The van der Waals surface area contributed by atoms with E-state index in [1.165, 1.54) is 5.56 Å². The van der Waals surface area contributed by atoms with Crippen LogP contribution in [0.15, 0.2) is 48.5 Å². The highest BCUT2D eigenvalue weighted by Crippen LogP contribution is 2.54. The minimum atomic E-state index is -0.895. The zero-order valence-corrected chi connectivity index (χ0v) is 15.9. The Morgan fingerprint density at radius 3 is 2.77 bits per heavy atom. The number of hydrogen-bond donors (Lipinski definition) is 0. The third kappa shape index (κ3) is 2.45. The summed E-state index contributed by atoms with van der Waals surface area (Å²) in [5.41, 5.74) is 4.14. The lowest BCUT2D eigenvalue weighted by molar-refractivity contribution is -0.139. The average Bonchev–Trinajstić information content (AvgIpc) is 3.19. The van der Waals surface area contributed by atoms with Crippen molar-refractivity contribution >= 4 is 29.3 Å². The first kappa shape index (κ1) is 17.2. The number of rotatable bonds is 3. The Hall–Kier alpha value is -2.27. The summed E-state index contributed by atoms with van der Waals surface area (Å²) in [5.74, 6) is 0.824. The van der Waals surface area contributed by atoms with E-state index in [-0.39, 0.29) is 11.8 Å². The number of thioether (sulfide) groups is 1. The van der Waals surface area contributed by atoms with Crippen molar-refractivity contribution in [2.24, 2.45) is 0 Å². The zero-order valence-electron chi connectivity index (χ0n) is 15.1. The lowest BCUT2D eigenvalue weighted by atomic mass is 10.1. The fourth-order valence-corrected chi connectivity index (χ4v) is 5.44. The summed E-state index contributed by atoms with van der Waals surface area (Å²) >= 11 is 1.59. The summed E-state index contributed by atoms with van der Waals surface area (Å²) < 4.78 is 0. The normalized spacial score (nSPS) is 21.5. The van der Waals surface area contributed by atoms with Crippen LogP contribution in [0, 0.1) is 6.92 Å². The third-order valence-corrected chi connectivity index (χ3v) is 6.55. The molecular formula is C21H22N2O2S. The molecule has 1 saturated heterocycles. The van der Waals surface area contributed by atoms with Gasteiger partial charge in [0.15, 0.2) is 4.87 Å². The Bertz CT molecular complexity index is 882. The van der Waals surface area contributed by atoms with Gasteiger partial charge in [0.1, 0.15) is 0 Å². The van der Waals surface area contributed by atoms with Crippen molar-refractivity contribution in [2.45, 2.75) is 31.7 Å². The second-order valence-electron chi connectivity index (χ2n) is 6.79. The van der Waals surface area contributed by atoms with Crippen molar-refractivity contribution in [1.29, 1.82) is 0 Å². The molecule has 5 heteroatoms. The SMILES string of the molecule is CCC(=O)N1CCSC12C(=O)N(Cc1cccc(C)c1)c1ccccc12. The highest BCUT2D eigenvalue weighted by Gasteiger charge is 2.58. The summed E-state index contributed by atoms with van der Waals surface area (Å²) in [5, 5.41) is 0. The monoisotopic (exact) mass is 366 g/mol. The summed E-state index contributed by atoms with van der Waals surface area (Å²) in [6, 6.07) is 16.1. The molecule has 4 nitrogen and oxygen atoms in total. The van der Waals surface area contributed by atoms with E-state index in [0.717, 1.165) is 22.6 Å². The van der Waals surface area contributed by atoms with Crippen LogP contribution in [0.3, 0.4) is 0 Å². The third-order valence-electron chi connectivity index (χ3n) is 5.13. The maximum absolute atomic E-state index is 13.6. The van der Waals surface area contributed by atoms with Crippen molar-refractivity contribution < 1.29 is 9.59 Å². The molecule has 1 atom stereocenters. The van der Waals surface area contributed by atoms with Gasteiger partial charge in [0.2, 0.25) is 5.91 Å². The molecule has 26 heavy (non-hydrogen) atoms. The molecule has 1 fully saturated rings. The molecule has 0 radical (unpaired) electrons. The van der Waals surface area contributed by atoms with Crippen LogP contribution in [0.5, 0.6) is 0 Å². The fraction of sp³-hybridized carbons (Fsp3) is 0.333. The number of hydrogen-bond acceptors (Lipinski definition) is 3. The molecule has 0 aromatic heterocycles. The molecule has 2 aliphatic rings. The van der Waals surface area contributed by atoms with E-state index in [4.69, 9.17) is 0 Å². The summed E-state index contributed by atoms with van der Waals surface area (Å²) in [6.07, 6.45) is 0.412. The molecule has 2 heterocycles.